The minimum Gasteiger partial charge on any atom is -0.383 e. The number of hydrogen-bond acceptors (Lipinski definition) is 4. The van der Waals surface area contributed by atoms with E-state index in [2.05, 4.69) is 10.3 Å². The lowest BCUT2D eigenvalue weighted by Gasteiger charge is -2.05. The summed E-state index contributed by atoms with van der Waals surface area (Å²) < 4.78 is 0. The second-order valence-electron chi connectivity index (χ2n) is 3.63. The van der Waals surface area contributed by atoms with E-state index in [-0.39, 0.29) is 11.7 Å². The van der Waals surface area contributed by atoms with Gasteiger partial charge in [-0.05, 0) is 31.2 Å². The van der Waals surface area contributed by atoms with Crippen LogP contribution in [0, 0.1) is 6.92 Å². The Morgan fingerprint density at radius 2 is 2.29 bits per heavy atom. The number of nitrogens with one attached hydrogen (secondary N) is 1. The molecule has 0 fully saturated rings. The third-order valence-corrected chi connectivity index (χ3v) is 3.30. The third kappa shape index (κ3) is 2.82. The molecule has 2 heterocycles. The Kier molecular flexibility index (Phi) is 3.39. The van der Waals surface area contributed by atoms with Crippen molar-refractivity contribution in [3.05, 3.63) is 45.8 Å². The first-order valence-corrected chi connectivity index (χ1v) is 6.02. The Balaban J connectivity index is 2.01. The molecule has 5 heteroatoms. The number of anilines is 1. The number of pyridine rings is 1. The van der Waals surface area contributed by atoms with E-state index in [1.807, 2.05) is 19.1 Å². The van der Waals surface area contributed by atoms with Crippen molar-refractivity contribution >= 4 is 23.1 Å². The number of carbonyl (C=O) groups excluding carboxylic acids is 1. The standard InChI is InChI=1S/C12H13N3OS/c1-8-4-5-9(17-8)7-15-12(16)10-3-2-6-14-11(10)13/h2-6H,7H2,1H3,(H2,13,14)(H,15,16). The van der Waals surface area contributed by atoms with Gasteiger partial charge in [0.05, 0.1) is 12.1 Å². The number of amides is 1. The molecule has 3 N–H and O–H groups in total. The van der Waals surface area contributed by atoms with Crippen LogP contribution in [-0.2, 0) is 6.54 Å². The molecule has 0 bridgehead atoms. The second-order valence-corrected chi connectivity index (χ2v) is 5.00. The van der Waals surface area contributed by atoms with E-state index in [0.717, 1.165) is 4.88 Å². The van der Waals surface area contributed by atoms with Crippen LogP contribution in [0.2, 0.25) is 0 Å². The van der Waals surface area contributed by atoms with E-state index in [4.69, 9.17) is 5.73 Å². The number of nitrogens with zero attached hydrogens (tertiary/aromatic N) is 1. The molecule has 0 unspecified atom stereocenters. The minimum atomic E-state index is -0.193. The molecular weight excluding hydrogens is 234 g/mol. The summed E-state index contributed by atoms with van der Waals surface area (Å²) in [6.07, 6.45) is 1.56. The Labute approximate surface area is 103 Å². The maximum absolute atomic E-state index is 11.8. The van der Waals surface area contributed by atoms with E-state index in [1.165, 1.54) is 4.88 Å². The monoisotopic (exact) mass is 247 g/mol. The first-order chi connectivity index (χ1) is 8.16. The summed E-state index contributed by atoms with van der Waals surface area (Å²) in [5.74, 6) is 0.0639. The maximum atomic E-state index is 11.8. The van der Waals surface area contributed by atoms with Crippen LogP contribution in [0.25, 0.3) is 0 Å². The molecule has 2 aromatic heterocycles. The zero-order chi connectivity index (χ0) is 12.3. The van der Waals surface area contributed by atoms with Gasteiger partial charge in [-0.1, -0.05) is 0 Å². The molecule has 0 spiro atoms. The smallest absolute Gasteiger partial charge is 0.255 e. The van der Waals surface area contributed by atoms with Crippen molar-refractivity contribution in [1.29, 1.82) is 0 Å². The summed E-state index contributed by atoms with van der Waals surface area (Å²) in [5.41, 5.74) is 6.04. The minimum absolute atomic E-state index is 0.193. The molecule has 1 amide bonds. The quantitative estimate of drug-likeness (QED) is 0.871. The van der Waals surface area contributed by atoms with Crippen molar-refractivity contribution in [2.75, 3.05) is 5.73 Å². The first kappa shape index (κ1) is 11.6. The van der Waals surface area contributed by atoms with Crippen LogP contribution < -0.4 is 11.1 Å². The average Bonchev–Trinajstić information content (AvgIpc) is 2.73. The van der Waals surface area contributed by atoms with Crippen LogP contribution in [0.3, 0.4) is 0 Å². The lowest BCUT2D eigenvalue weighted by molar-refractivity contribution is 0.0952. The Morgan fingerprint density at radius 1 is 1.47 bits per heavy atom. The van der Waals surface area contributed by atoms with Gasteiger partial charge in [0.2, 0.25) is 0 Å². The zero-order valence-electron chi connectivity index (χ0n) is 9.43. The first-order valence-electron chi connectivity index (χ1n) is 5.21. The Bertz CT molecular complexity index is 536. The lowest BCUT2D eigenvalue weighted by atomic mass is 10.2. The van der Waals surface area contributed by atoms with E-state index in [1.54, 1.807) is 29.7 Å². The van der Waals surface area contributed by atoms with Crippen LogP contribution >= 0.6 is 11.3 Å². The van der Waals surface area contributed by atoms with Gasteiger partial charge in [0, 0.05) is 16.0 Å². The topological polar surface area (TPSA) is 68.0 Å². The predicted octanol–water partition coefficient (Wildman–Crippen LogP) is 1.96. The van der Waals surface area contributed by atoms with Gasteiger partial charge < -0.3 is 11.1 Å². The van der Waals surface area contributed by atoms with E-state index in [0.29, 0.717) is 12.1 Å². The Hall–Kier alpha value is -1.88. The highest BCUT2D eigenvalue weighted by atomic mass is 32.1. The molecule has 0 saturated carbocycles. The van der Waals surface area contributed by atoms with Crippen molar-refractivity contribution in [3.8, 4) is 0 Å². The summed E-state index contributed by atoms with van der Waals surface area (Å²) in [6, 6.07) is 7.40. The van der Waals surface area contributed by atoms with Gasteiger partial charge in [0.25, 0.3) is 5.91 Å². The molecule has 0 aliphatic carbocycles. The van der Waals surface area contributed by atoms with Crippen LogP contribution in [0.1, 0.15) is 20.1 Å². The van der Waals surface area contributed by atoms with Crippen molar-refractivity contribution in [2.24, 2.45) is 0 Å². The summed E-state index contributed by atoms with van der Waals surface area (Å²) in [4.78, 5) is 18.1. The SMILES string of the molecule is Cc1ccc(CNC(=O)c2cccnc2N)s1. The fourth-order valence-corrected chi connectivity index (χ4v) is 2.28. The van der Waals surface area contributed by atoms with Crippen LogP contribution in [0.15, 0.2) is 30.5 Å². The van der Waals surface area contributed by atoms with Gasteiger partial charge >= 0.3 is 0 Å². The number of thiophene rings is 1. The van der Waals surface area contributed by atoms with Crippen LogP contribution in [-0.4, -0.2) is 10.9 Å². The highest BCUT2D eigenvalue weighted by Gasteiger charge is 2.09. The van der Waals surface area contributed by atoms with Gasteiger partial charge in [-0.15, -0.1) is 11.3 Å². The third-order valence-electron chi connectivity index (χ3n) is 2.30. The number of nitrogens with two attached hydrogens (primary N) is 1. The molecule has 88 valence electrons. The second kappa shape index (κ2) is 4.97. The highest BCUT2D eigenvalue weighted by molar-refractivity contribution is 7.11. The molecule has 0 radical (unpaired) electrons. The number of nitrogen functional groups attached to an aromatic ring is 1. The number of aromatic nitrogens is 1. The van der Waals surface area contributed by atoms with Gasteiger partial charge in [0.1, 0.15) is 5.82 Å². The van der Waals surface area contributed by atoms with Gasteiger partial charge in [-0.2, -0.15) is 0 Å². The number of aryl methyl sites for hydroxylation is 1. The molecule has 0 aliphatic rings. The normalized spacial score (nSPS) is 10.2. The van der Waals surface area contributed by atoms with Crippen molar-refractivity contribution < 1.29 is 4.79 Å². The highest BCUT2D eigenvalue weighted by Crippen LogP contribution is 2.15. The van der Waals surface area contributed by atoms with Crippen LogP contribution in [0.4, 0.5) is 5.82 Å². The van der Waals surface area contributed by atoms with Gasteiger partial charge in [-0.25, -0.2) is 4.98 Å². The largest absolute Gasteiger partial charge is 0.383 e. The maximum Gasteiger partial charge on any atom is 0.255 e. The molecule has 0 aromatic carbocycles. The Morgan fingerprint density at radius 3 is 2.94 bits per heavy atom. The summed E-state index contributed by atoms with van der Waals surface area (Å²) in [7, 11) is 0. The van der Waals surface area contributed by atoms with Crippen molar-refractivity contribution in [2.45, 2.75) is 13.5 Å². The molecule has 0 aliphatic heterocycles. The van der Waals surface area contributed by atoms with Crippen molar-refractivity contribution in [3.63, 3.8) is 0 Å². The zero-order valence-corrected chi connectivity index (χ0v) is 10.3. The summed E-state index contributed by atoms with van der Waals surface area (Å²) in [5, 5.41) is 2.82. The predicted molar refractivity (Wildman–Crippen MR) is 68.9 cm³/mol. The molecule has 4 nitrogen and oxygen atoms in total. The molecule has 17 heavy (non-hydrogen) atoms. The number of carbonyl (C=O) groups is 1. The molecule has 2 aromatic rings. The van der Waals surface area contributed by atoms with Crippen LogP contribution in [0.5, 0.6) is 0 Å². The van der Waals surface area contributed by atoms with E-state index >= 15 is 0 Å². The van der Waals surface area contributed by atoms with E-state index in [9.17, 15) is 4.79 Å². The average molecular weight is 247 g/mol. The fraction of sp³-hybridized carbons (Fsp3) is 0.167. The summed E-state index contributed by atoms with van der Waals surface area (Å²) in [6.45, 7) is 2.56. The summed E-state index contributed by atoms with van der Waals surface area (Å²) >= 11 is 1.67. The molecule has 0 saturated heterocycles. The molecular formula is C12H13N3OS. The molecule has 0 atom stereocenters. The number of hydrogen-bond donors (Lipinski definition) is 2. The van der Waals surface area contributed by atoms with E-state index < -0.39 is 0 Å². The van der Waals surface area contributed by atoms with Gasteiger partial charge in [0.15, 0.2) is 0 Å². The molecule has 2 rings (SSSR count). The lowest BCUT2D eigenvalue weighted by Crippen LogP contribution is -2.23. The fourth-order valence-electron chi connectivity index (χ4n) is 1.45. The van der Waals surface area contributed by atoms with Gasteiger partial charge in [-0.3, -0.25) is 4.79 Å². The number of rotatable bonds is 3. The van der Waals surface area contributed by atoms with Crippen molar-refractivity contribution in [1.82, 2.24) is 10.3 Å².